The number of hydrogen-bond acceptors (Lipinski definition) is 4. The molecule has 2 aromatic rings. The molecule has 7 heteroatoms. The monoisotopic (exact) mass is 417 g/mol. The molecule has 0 aromatic heterocycles. The van der Waals surface area contributed by atoms with Crippen LogP contribution < -0.4 is 16.0 Å². The number of amides is 2. The predicted octanol–water partition coefficient (Wildman–Crippen LogP) is 3.69. The highest BCUT2D eigenvalue weighted by atomic mass is 35.5. The van der Waals surface area contributed by atoms with Crippen LogP contribution in [0.3, 0.4) is 0 Å². The Morgan fingerprint density at radius 1 is 1.04 bits per heavy atom. The third-order valence-corrected chi connectivity index (χ3v) is 5.78. The minimum atomic E-state index is -0.0507. The molecule has 28 heavy (non-hydrogen) atoms. The smallest absolute Gasteiger partial charge is 0.251 e. The molecule has 0 spiro atoms. The second-order valence-corrected chi connectivity index (χ2v) is 8.16. The molecule has 0 saturated carbocycles. The van der Waals surface area contributed by atoms with Crippen LogP contribution >= 0.6 is 23.4 Å². The maximum atomic E-state index is 12.3. The Bertz CT molecular complexity index is 790. The Balaban J connectivity index is 1.40. The van der Waals surface area contributed by atoms with Gasteiger partial charge in [-0.15, -0.1) is 11.8 Å². The Labute approximate surface area is 174 Å². The highest BCUT2D eigenvalue weighted by Gasteiger charge is 2.16. The summed E-state index contributed by atoms with van der Waals surface area (Å²) >= 11 is 7.37. The van der Waals surface area contributed by atoms with Gasteiger partial charge in [0.2, 0.25) is 5.91 Å². The SMILES string of the molecule is O=C(CSCc1ccc(C(=O)NC2CCNCC2)cc1)Nc1ccc(Cl)cc1. The number of benzene rings is 2. The van der Waals surface area contributed by atoms with Crippen molar-refractivity contribution >= 4 is 40.9 Å². The average molecular weight is 418 g/mol. The van der Waals surface area contributed by atoms with E-state index in [1.54, 1.807) is 24.3 Å². The van der Waals surface area contributed by atoms with Crippen molar-refractivity contribution in [3.63, 3.8) is 0 Å². The van der Waals surface area contributed by atoms with Crippen LogP contribution in [0.4, 0.5) is 5.69 Å². The predicted molar refractivity (Wildman–Crippen MR) is 116 cm³/mol. The van der Waals surface area contributed by atoms with Crippen LogP contribution in [0.1, 0.15) is 28.8 Å². The molecule has 2 aromatic carbocycles. The number of thioether (sulfide) groups is 1. The lowest BCUT2D eigenvalue weighted by molar-refractivity contribution is -0.113. The zero-order chi connectivity index (χ0) is 19.8. The van der Waals surface area contributed by atoms with Crippen LogP contribution in [0.2, 0.25) is 5.02 Å². The van der Waals surface area contributed by atoms with Crippen molar-refractivity contribution < 1.29 is 9.59 Å². The van der Waals surface area contributed by atoms with E-state index in [2.05, 4.69) is 16.0 Å². The lowest BCUT2D eigenvalue weighted by atomic mass is 10.1. The van der Waals surface area contributed by atoms with Crippen molar-refractivity contribution in [2.24, 2.45) is 0 Å². The summed E-state index contributed by atoms with van der Waals surface area (Å²) in [6, 6.07) is 14.9. The van der Waals surface area contributed by atoms with Crippen molar-refractivity contribution in [1.29, 1.82) is 0 Å². The van der Waals surface area contributed by atoms with E-state index in [1.165, 1.54) is 11.8 Å². The van der Waals surface area contributed by atoms with Crippen LogP contribution in [0.15, 0.2) is 48.5 Å². The van der Waals surface area contributed by atoms with Crippen molar-refractivity contribution in [2.45, 2.75) is 24.6 Å². The summed E-state index contributed by atoms with van der Waals surface area (Å²) < 4.78 is 0. The summed E-state index contributed by atoms with van der Waals surface area (Å²) in [5.74, 6) is 1.00. The van der Waals surface area contributed by atoms with Crippen LogP contribution in [0.5, 0.6) is 0 Å². The quantitative estimate of drug-likeness (QED) is 0.642. The minimum Gasteiger partial charge on any atom is -0.349 e. The number of halogens is 1. The Hall–Kier alpha value is -2.02. The summed E-state index contributed by atoms with van der Waals surface area (Å²) in [4.78, 5) is 24.3. The number of carbonyl (C=O) groups excluding carboxylic acids is 2. The van der Waals surface area contributed by atoms with E-state index < -0.39 is 0 Å². The Morgan fingerprint density at radius 3 is 2.39 bits per heavy atom. The van der Waals surface area contributed by atoms with E-state index in [-0.39, 0.29) is 17.9 Å². The van der Waals surface area contributed by atoms with E-state index in [0.29, 0.717) is 22.1 Å². The molecule has 3 N–H and O–H groups in total. The fraction of sp³-hybridized carbons (Fsp3) is 0.333. The molecule has 1 saturated heterocycles. The molecule has 1 aliphatic heterocycles. The zero-order valence-corrected chi connectivity index (χ0v) is 17.1. The van der Waals surface area contributed by atoms with Crippen molar-refractivity contribution in [1.82, 2.24) is 10.6 Å². The molecule has 0 bridgehead atoms. The first kappa shape index (κ1) is 20.7. The first-order valence-corrected chi connectivity index (χ1v) is 10.9. The highest BCUT2D eigenvalue weighted by Crippen LogP contribution is 2.16. The van der Waals surface area contributed by atoms with Crippen molar-refractivity contribution in [3.8, 4) is 0 Å². The fourth-order valence-corrected chi connectivity index (χ4v) is 3.89. The van der Waals surface area contributed by atoms with Gasteiger partial charge in [0.1, 0.15) is 0 Å². The number of carbonyl (C=O) groups is 2. The van der Waals surface area contributed by atoms with Gasteiger partial charge in [0.05, 0.1) is 5.75 Å². The van der Waals surface area contributed by atoms with Gasteiger partial charge in [0.15, 0.2) is 0 Å². The van der Waals surface area contributed by atoms with Gasteiger partial charge in [-0.2, -0.15) is 0 Å². The molecule has 148 valence electrons. The van der Waals surface area contributed by atoms with Gasteiger partial charge >= 0.3 is 0 Å². The summed E-state index contributed by atoms with van der Waals surface area (Å²) in [5.41, 5.74) is 2.49. The van der Waals surface area contributed by atoms with E-state index >= 15 is 0 Å². The summed E-state index contributed by atoms with van der Waals surface area (Å²) in [6.45, 7) is 1.90. The highest BCUT2D eigenvalue weighted by molar-refractivity contribution is 7.99. The van der Waals surface area contributed by atoms with Crippen molar-refractivity contribution in [2.75, 3.05) is 24.2 Å². The number of hydrogen-bond donors (Lipinski definition) is 3. The van der Waals surface area contributed by atoms with Crippen LogP contribution in [0.25, 0.3) is 0 Å². The zero-order valence-electron chi connectivity index (χ0n) is 15.5. The maximum absolute atomic E-state index is 12.3. The maximum Gasteiger partial charge on any atom is 0.251 e. The number of rotatable bonds is 7. The van der Waals surface area contributed by atoms with E-state index in [9.17, 15) is 9.59 Å². The Morgan fingerprint density at radius 2 is 1.71 bits per heavy atom. The largest absolute Gasteiger partial charge is 0.349 e. The van der Waals surface area contributed by atoms with Gasteiger partial charge in [-0.3, -0.25) is 9.59 Å². The van der Waals surface area contributed by atoms with Gasteiger partial charge in [-0.05, 0) is 67.9 Å². The molecular weight excluding hydrogens is 394 g/mol. The van der Waals surface area contributed by atoms with Gasteiger partial charge < -0.3 is 16.0 Å². The molecule has 3 rings (SSSR count). The minimum absolute atomic E-state index is 0.0200. The fourth-order valence-electron chi connectivity index (χ4n) is 2.98. The molecule has 2 amide bonds. The van der Waals surface area contributed by atoms with E-state index in [0.717, 1.165) is 37.2 Å². The first-order valence-electron chi connectivity index (χ1n) is 9.34. The summed E-state index contributed by atoms with van der Waals surface area (Å²) in [5, 5.41) is 9.87. The normalized spacial score (nSPS) is 14.5. The summed E-state index contributed by atoms with van der Waals surface area (Å²) in [7, 11) is 0. The second kappa shape index (κ2) is 10.5. The molecule has 1 fully saturated rings. The topological polar surface area (TPSA) is 70.2 Å². The van der Waals surface area contributed by atoms with Gasteiger partial charge in [-0.1, -0.05) is 23.7 Å². The molecule has 0 radical (unpaired) electrons. The number of anilines is 1. The number of piperidine rings is 1. The summed E-state index contributed by atoms with van der Waals surface area (Å²) in [6.07, 6.45) is 1.94. The standard InChI is InChI=1S/C21H24ClN3O2S/c22-17-5-7-18(8-6-17)24-20(26)14-28-13-15-1-3-16(4-2-15)21(27)25-19-9-11-23-12-10-19/h1-8,19,23H,9-14H2,(H,24,26)(H,25,27). The van der Waals surface area contributed by atoms with Crippen LogP contribution in [0, 0.1) is 0 Å². The molecule has 0 unspecified atom stereocenters. The molecule has 0 aliphatic carbocycles. The van der Waals surface area contributed by atoms with Gasteiger partial charge in [0.25, 0.3) is 5.91 Å². The molecular formula is C21H24ClN3O2S. The van der Waals surface area contributed by atoms with E-state index in [1.807, 2.05) is 24.3 Å². The van der Waals surface area contributed by atoms with Crippen LogP contribution in [-0.4, -0.2) is 36.7 Å². The number of nitrogens with one attached hydrogen (secondary N) is 3. The van der Waals surface area contributed by atoms with Gasteiger partial charge in [0, 0.05) is 28.1 Å². The molecule has 5 nitrogen and oxygen atoms in total. The molecule has 0 atom stereocenters. The first-order chi connectivity index (χ1) is 13.6. The lowest BCUT2D eigenvalue weighted by Crippen LogP contribution is -2.42. The average Bonchev–Trinajstić information content (AvgIpc) is 2.71. The lowest BCUT2D eigenvalue weighted by Gasteiger charge is -2.23. The third-order valence-electron chi connectivity index (χ3n) is 4.52. The van der Waals surface area contributed by atoms with Crippen LogP contribution in [-0.2, 0) is 10.5 Å². The molecule has 1 heterocycles. The Kier molecular flexibility index (Phi) is 7.77. The third kappa shape index (κ3) is 6.55. The van der Waals surface area contributed by atoms with Gasteiger partial charge in [-0.25, -0.2) is 0 Å². The van der Waals surface area contributed by atoms with Crippen molar-refractivity contribution in [3.05, 3.63) is 64.7 Å². The second-order valence-electron chi connectivity index (χ2n) is 6.74. The molecule has 1 aliphatic rings. The van der Waals surface area contributed by atoms with E-state index in [4.69, 9.17) is 11.6 Å².